The molecule has 0 aliphatic rings. The van der Waals surface area contributed by atoms with E-state index in [1.165, 1.54) is 27.6 Å². The number of H-pyrrole nitrogens is 2. The SMILES string of the molecule is CCc1cccc2c(CCNCc3cn[nH]c3C)c[nH]c12. The van der Waals surface area contributed by atoms with E-state index < -0.39 is 0 Å². The summed E-state index contributed by atoms with van der Waals surface area (Å²) < 4.78 is 0. The van der Waals surface area contributed by atoms with Crippen molar-refractivity contribution in [2.75, 3.05) is 6.54 Å². The fraction of sp³-hybridized carbons (Fsp3) is 0.353. The van der Waals surface area contributed by atoms with Gasteiger partial charge in [0.25, 0.3) is 0 Å². The predicted molar refractivity (Wildman–Crippen MR) is 86.4 cm³/mol. The minimum atomic E-state index is 0.866. The van der Waals surface area contributed by atoms with Crippen LogP contribution in [-0.2, 0) is 19.4 Å². The van der Waals surface area contributed by atoms with Crippen molar-refractivity contribution >= 4 is 10.9 Å². The van der Waals surface area contributed by atoms with Gasteiger partial charge in [-0.15, -0.1) is 0 Å². The third kappa shape index (κ3) is 2.85. The van der Waals surface area contributed by atoms with Crippen molar-refractivity contribution in [3.8, 4) is 0 Å². The Morgan fingerprint density at radius 1 is 1.19 bits per heavy atom. The molecule has 1 aromatic carbocycles. The Bertz CT molecular complexity index is 723. The standard InChI is InChI=1S/C17H22N4/c1-3-13-5-4-6-16-14(10-19-17(13)16)7-8-18-9-15-11-20-21-12(15)2/h4-6,10-11,18-19H,3,7-9H2,1-2H3,(H,20,21). The molecule has 4 heteroatoms. The smallest absolute Gasteiger partial charge is 0.0535 e. The van der Waals surface area contributed by atoms with E-state index in [1.807, 2.05) is 6.20 Å². The molecule has 0 aliphatic carbocycles. The summed E-state index contributed by atoms with van der Waals surface area (Å²) in [6.45, 7) is 6.08. The van der Waals surface area contributed by atoms with E-state index in [-0.39, 0.29) is 0 Å². The molecule has 3 N–H and O–H groups in total. The molecule has 0 radical (unpaired) electrons. The summed E-state index contributed by atoms with van der Waals surface area (Å²) in [5.41, 5.74) is 6.45. The van der Waals surface area contributed by atoms with Gasteiger partial charge in [-0.3, -0.25) is 5.10 Å². The summed E-state index contributed by atoms with van der Waals surface area (Å²) in [6, 6.07) is 6.56. The lowest BCUT2D eigenvalue weighted by molar-refractivity contribution is 0.686. The molecule has 0 spiro atoms. The maximum absolute atomic E-state index is 4.04. The number of aromatic nitrogens is 3. The molecule has 0 bridgehead atoms. The first kappa shape index (κ1) is 13.9. The highest BCUT2D eigenvalue weighted by Crippen LogP contribution is 2.22. The average Bonchev–Trinajstić information content (AvgIpc) is 3.10. The maximum atomic E-state index is 4.04. The molecule has 0 fully saturated rings. The quantitative estimate of drug-likeness (QED) is 0.608. The van der Waals surface area contributed by atoms with E-state index in [1.54, 1.807) is 0 Å². The lowest BCUT2D eigenvalue weighted by Gasteiger charge is -2.04. The van der Waals surface area contributed by atoms with E-state index in [2.05, 4.69) is 58.7 Å². The molecule has 0 amide bonds. The lowest BCUT2D eigenvalue weighted by Crippen LogP contribution is -2.16. The van der Waals surface area contributed by atoms with Gasteiger partial charge < -0.3 is 10.3 Å². The third-order valence-corrected chi connectivity index (χ3v) is 4.09. The summed E-state index contributed by atoms with van der Waals surface area (Å²) in [7, 11) is 0. The molecule has 0 atom stereocenters. The minimum absolute atomic E-state index is 0.866. The van der Waals surface area contributed by atoms with Gasteiger partial charge in [0, 0.05) is 34.9 Å². The third-order valence-electron chi connectivity index (χ3n) is 4.09. The van der Waals surface area contributed by atoms with Crippen LogP contribution in [0.15, 0.2) is 30.6 Å². The summed E-state index contributed by atoms with van der Waals surface area (Å²) in [5, 5.41) is 11.8. The molecule has 110 valence electrons. The second-order valence-electron chi connectivity index (χ2n) is 5.45. The van der Waals surface area contributed by atoms with Gasteiger partial charge in [-0.2, -0.15) is 5.10 Å². The van der Waals surface area contributed by atoms with Crippen molar-refractivity contribution < 1.29 is 0 Å². The molecule has 0 saturated heterocycles. The normalized spacial score (nSPS) is 11.3. The van der Waals surface area contributed by atoms with Gasteiger partial charge in [0.15, 0.2) is 0 Å². The second-order valence-corrected chi connectivity index (χ2v) is 5.45. The van der Waals surface area contributed by atoms with Gasteiger partial charge in [0.2, 0.25) is 0 Å². The van der Waals surface area contributed by atoms with Gasteiger partial charge in [-0.25, -0.2) is 0 Å². The van der Waals surface area contributed by atoms with Gasteiger partial charge in [-0.1, -0.05) is 25.1 Å². The molecule has 0 unspecified atom stereocenters. The fourth-order valence-electron chi connectivity index (χ4n) is 2.78. The lowest BCUT2D eigenvalue weighted by atomic mass is 10.1. The highest BCUT2D eigenvalue weighted by molar-refractivity contribution is 5.86. The van der Waals surface area contributed by atoms with Crippen LogP contribution >= 0.6 is 0 Å². The summed E-state index contributed by atoms with van der Waals surface area (Å²) >= 11 is 0. The van der Waals surface area contributed by atoms with E-state index >= 15 is 0 Å². The topological polar surface area (TPSA) is 56.5 Å². The first-order chi connectivity index (χ1) is 10.3. The molecule has 21 heavy (non-hydrogen) atoms. The van der Waals surface area contributed by atoms with Gasteiger partial charge in [0.05, 0.1) is 6.20 Å². The van der Waals surface area contributed by atoms with Crippen LogP contribution in [-0.4, -0.2) is 21.7 Å². The van der Waals surface area contributed by atoms with Crippen molar-refractivity contribution in [3.63, 3.8) is 0 Å². The van der Waals surface area contributed by atoms with E-state index in [0.717, 1.165) is 31.6 Å². The Hall–Kier alpha value is -2.07. The first-order valence-corrected chi connectivity index (χ1v) is 7.57. The van der Waals surface area contributed by atoms with Crippen molar-refractivity contribution in [3.05, 3.63) is 53.0 Å². The van der Waals surface area contributed by atoms with E-state index in [0.29, 0.717) is 0 Å². The van der Waals surface area contributed by atoms with Crippen LogP contribution in [0.2, 0.25) is 0 Å². The Kier molecular flexibility index (Phi) is 4.06. The zero-order chi connectivity index (χ0) is 14.7. The fourth-order valence-corrected chi connectivity index (χ4v) is 2.78. The number of aryl methyl sites for hydroxylation is 2. The number of benzene rings is 1. The van der Waals surface area contributed by atoms with Crippen molar-refractivity contribution in [2.45, 2.75) is 33.2 Å². The van der Waals surface area contributed by atoms with Gasteiger partial charge in [-0.05, 0) is 37.4 Å². The second kappa shape index (κ2) is 6.14. The number of nitrogens with zero attached hydrogens (tertiary/aromatic N) is 1. The molecule has 3 rings (SSSR count). The first-order valence-electron chi connectivity index (χ1n) is 7.57. The highest BCUT2D eigenvalue weighted by atomic mass is 15.1. The van der Waals surface area contributed by atoms with Crippen LogP contribution in [0.4, 0.5) is 0 Å². The zero-order valence-electron chi connectivity index (χ0n) is 12.7. The molecule has 4 nitrogen and oxygen atoms in total. The monoisotopic (exact) mass is 282 g/mol. The Morgan fingerprint density at radius 3 is 2.86 bits per heavy atom. The average molecular weight is 282 g/mol. The number of para-hydroxylation sites is 1. The van der Waals surface area contributed by atoms with Crippen molar-refractivity contribution in [2.24, 2.45) is 0 Å². The van der Waals surface area contributed by atoms with Crippen LogP contribution in [0, 0.1) is 6.92 Å². The molecule has 0 aliphatic heterocycles. The Balaban J connectivity index is 1.62. The number of fused-ring (bicyclic) bond motifs is 1. The predicted octanol–water partition coefficient (Wildman–Crippen LogP) is 3.09. The summed E-state index contributed by atoms with van der Waals surface area (Å²) in [4.78, 5) is 3.43. The van der Waals surface area contributed by atoms with Crippen molar-refractivity contribution in [1.82, 2.24) is 20.5 Å². The number of rotatable bonds is 6. The van der Waals surface area contributed by atoms with Crippen LogP contribution in [0.25, 0.3) is 10.9 Å². The van der Waals surface area contributed by atoms with Crippen LogP contribution in [0.3, 0.4) is 0 Å². The maximum Gasteiger partial charge on any atom is 0.0535 e. The Morgan fingerprint density at radius 2 is 2.10 bits per heavy atom. The molecule has 0 saturated carbocycles. The van der Waals surface area contributed by atoms with Crippen LogP contribution in [0.5, 0.6) is 0 Å². The summed E-state index contributed by atoms with van der Waals surface area (Å²) in [6.07, 6.45) is 6.13. The van der Waals surface area contributed by atoms with Crippen molar-refractivity contribution in [1.29, 1.82) is 0 Å². The summed E-state index contributed by atoms with van der Waals surface area (Å²) in [5.74, 6) is 0. The molecule has 3 aromatic rings. The van der Waals surface area contributed by atoms with Gasteiger partial charge in [0.1, 0.15) is 0 Å². The largest absolute Gasteiger partial charge is 0.361 e. The number of hydrogen-bond donors (Lipinski definition) is 3. The van der Waals surface area contributed by atoms with E-state index in [9.17, 15) is 0 Å². The number of aromatic amines is 2. The van der Waals surface area contributed by atoms with Gasteiger partial charge >= 0.3 is 0 Å². The number of hydrogen-bond acceptors (Lipinski definition) is 2. The molecule has 2 aromatic heterocycles. The molecule has 2 heterocycles. The van der Waals surface area contributed by atoms with Crippen LogP contribution in [0.1, 0.15) is 29.3 Å². The Labute approximate surface area is 125 Å². The molecular weight excluding hydrogens is 260 g/mol. The molecular formula is C17H22N4. The van der Waals surface area contributed by atoms with E-state index in [4.69, 9.17) is 0 Å². The highest BCUT2D eigenvalue weighted by Gasteiger charge is 2.06. The minimum Gasteiger partial charge on any atom is -0.361 e. The number of nitrogens with one attached hydrogen (secondary N) is 3. The van der Waals surface area contributed by atoms with Crippen LogP contribution < -0.4 is 5.32 Å². The zero-order valence-corrected chi connectivity index (χ0v) is 12.7.